The van der Waals surface area contributed by atoms with E-state index in [1.54, 1.807) is 29.0 Å². The Morgan fingerprint density at radius 1 is 1.24 bits per heavy atom. The minimum Gasteiger partial charge on any atom is -0.366 e. The maximum Gasteiger partial charge on any atom is 0.242 e. The van der Waals surface area contributed by atoms with Crippen LogP contribution in [0.25, 0.3) is 16.8 Å². The Morgan fingerprint density at radius 2 is 2.04 bits per heavy atom. The number of fused-ring (bicyclic) bond motifs is 1. The number of rotatable bonds is 4. The fourth-order valence-electron chi connectivity index (χ4n) is 2.99. The van der Waals surface area contributed by atoms with Gasteiger partial charge in [0.15, 0.2) is 5.65 Å². The molecule has 1 saturated carbocycles. The molecule has 0 bridgehead atoms. The van der Waals surface area contributed by atoms with Crippen LogP contribution in [0.2, 0.25) is 0 Å². The Hall–Kier alpha value is -2.52. The summed E-state index contributed by atoms with van der Waals surface area (Å²) in [6.45, 7) is 1.92. The van der Waals surface area contributed by atoms with E-state index in [0.717, 1.165) is 24.8 Å². The Morgan fingerprint density at radius 3 is 2.76 bits per heavy atom. The molecule has 0 unspecified atom stereocenters. The van der Waals surface area contributed by atoms with Crippen molar-refractivity contribution in [2.75, 3.05) is 5.73 Å². The summed E-state index contributed by atoms with van der Waals surface area (Å²) >= 11 is 0. The first-order valence-electron chi connectivity index (χ1n) is 7.96. The van der Waals surface area contributed by atoms with Gasteiger partial charge in [-0.15, -0.1) is 5.10 Å². The van der Waals surface area contributed by atoms with Gasteiger partial charge in [-0.25, -0.2) is 17.7 Å². The molecule has 0 radical (unpaired) electrons. The van der Waals surface area contributed by atoms with Gasteiger partial charge in [-0.2, -0.15) is 4.98 Å². The molecule has 3 aromatic heterocycles. The second-order valence-electron chi connectivity index (χ2n) is 6.62. The highest BCUT2D eigenvalue weighted by molar-refractivity contribution is 7.89. The fraction of sp³-hybridized carbons (Fsp3) is 0.312. The molecule has 0 atom stereocenters. The molecule has 0 aliphatic heterocycles. The summed E-state index contributed by atoms with van der Waals surface area (Å²) in [5, 5.41) is 4.07. The Labute approximate surface area is 145 Å². The van der Waals surface area contributed by atoms with Crippen LogP contribution in [0.1, 0.15) is 26.2 Å². The second-order valence-corrected chi connectivity index (χ2v) is 8.30. The highest BCUT2D eigenvalue weighted by Crippen LogP contribution is 2.33. The van der Waals surface area contributed by atoms with Gasteiger partial charge in [-0.3, -0.25) is 4.98 Å². The van der Waals surface area contributed by atoms with Crippen LogP contribution in [-0.4, -0.2) is 33.5 Å². The molecule has 3 N–H and O–H groups in total. The van der Waals surface area contributed by atoms with E-state index in [9.17, 15) is 8.42 Å². The van der Waals surface area contributed by atoms with Crippen molar-refractivity contribution < 1.29 is 8.42 Å². The number of nitrogens with one attached hydrogen (secondary N) is 1. The van der Waals surface area contributed by atoms with Crippen molar-refractivity contribution in [2.24, 2.45) is 0 Å². The van der Waals surface area contributed by atoms with Crippen LogP contribution in [0, 0.1) is 0 Å². The van der Waals surface area contributed by atoms with Gasteiger partial charge < -0.3 is 5.73 Å². The van der Waals surface area contributed by atoms with Crippen LogP contribution in [0.5, 0.6) is 0 Å². The molecule has 3 heterocycles. The average molecular weight is 358 g/mol. The van der Waals surface area contributed by atoms with Gasteiger partial charge in [-0.05, 0) is 44.4 Å². The molecule has 25 heavy (non-hydrogen) atoms. The molecule has 130 valence electrons. The molecule has 3 aromatic rings. The molecule has 0 spiro atoms. The van der Waals surface area contributed by atoms with Gasteiger partial charge in [-0.1, -0.05) is 0 Å². The summed E-state index contributed by atoms with van der Waals surface area (Å²) in [7, 11) is -3.61. The zero-order valence-electron chi connectivity index (χ0n) is 13.7. The van der Waals surface area contributed by atoms with Crippen LogP contribution in [0.15, 0.2) is 41.7 Å². The first-order chi connectivity index (χ1) is 11.8. The highest BCUT2D eigenvalue weighted by atomic mass is 32.2. The first-order valence-corrected chi connectivity index (χ1v) is 9.44. The lowest BCUT2D eigenvalue weighted by atomic mass is 9.80. The molecule has 1 fully saturated rings. The van der Waals surface area contributed by atoms with Crippen molar-refractivity contribution in [1.29, 1.82) is 0 Å². The minimum absolute atomic E-state index is 0.149. The highest BCUT2D eigenvalue weighted by Gasteiger charge is 2.36. The molecular weight excluding hydrogens is 340 g/mol. The number of nitrogen functional groups attached to an aromatic ring is 1. The molecular formula is C16H18N6O2S. The van der Waals surface area contributed by atoms with Crippen molar-refractivity contribution in [1.82, 2.24) is 24.3 Å². The largest absolute Gasteiger partial charge is 0.366 e. The molecule has 0 saturated heterocycles. The normalized spacial score (nSPS) is 16.7. The third-order valence-electron chi connectivity index (χ3n) is 4.54. The SMILES string of the molecule is CC1(NS(=O)(=O)c2cncc(-c3ccc4nc(N)nn4c3)c2)CCC1. The van der Waals surface area contributed by atoms with Crippen molar-refractivity contribution in [2.45, 2.75) is 36.6 Å². The van der Waals surface area contributed by atoms with Gasteiger partial charge in [0.05, 0.1) is 0 Å². The standard InChI is InChI=1S/C16H18N6O2S/c1-16(5-2-6-16)21-25(23,24)13-7-12(8-18-9-13)11-3-4-14-19-15(17)20-22(14)10-11/h3-4,7-10,21H,2,5-6H2,1H3,(H2,17,20). The maximum atomic E-state index is 12.6. The predicted octanol–water partition coefficient (Wildman–Crippen LogP) is 1.59. The number of hydrogen-bond donors (Lipinski definition) is 2. The summed E-state index contributed by atoms with van der Waals surface area (Å²) in [6, 6.07) is 5.21. The summed E-state index contributed by atoms with van der Waals surface area (Å²) in [5.41, 5.74) is 7.32. The lowest BCUT2D eigenvalue weighted by molar-refractivity contribution is 0.248. The van der Waals surface area contributed by atoms with Crippen LogP contribution < -0.4 is 10.5 Å². The van der Waals surface area contributed by atoms with E-state index >= 15 is 0 Å². The summed E-state index contributed by atoms with van der Waals surface area (Å²) in [4.78, 5) is 8.32. The van der Waals surface area contributed by atoms with Gasteiger partial charge in [0.1, 0.15) is 4.90 Å². The smallest absolute Gasteiger partial charge is 0.242 e. The molecule has 0 aromatic carbocycles. The monoisotopic (exact) mass is 358 g/mol. The third kappa shape index (κ3) is 2.96. The first kappa shape index (κ1) is 16.0. The fourth-order valence-corrected chi connectivity index (χ4v) is 4.44. The van der Waals surface area contributed by atoms with E-state index in [1.807, 2.05) is 13.0 Å². The molecule has 9 heteroatoms. The number of pyridine rings is 2. The van der Waals surface area contributed by atoms with E-state index in [1.165, 1.54) is 6.20 Å². The van der Waals surface area contributed by atoms with Crippen LogP contribution >= 0.6 is 0 Å². The van der Waals surface area contributed by atoms with Crippen molar-refractivity contribution in [3.05, 3.63) is 36.8 Å². The number of nitrogens with zero attached hydrogens (tertiary/aromatic N) is 4. The summed E-state index contributed by atoms with van der Waals surface area (Å²) < 4.78 is 29.6. The minimum atomic E-state index is -3.61. The van der Waals surface area contributed by atoms with E-state index in [4.69, 9.17) is 5.73 Å². The van der Waals surface area contributed by atoms with Crippen molar-refractivity contribution in [3.8, 4) is 11.1 Å². The quantitative estimate of drug-likeness (QED) is 0.732. The molecule has 4 rings (SSSR count). The van der Waals surface area contributed by atoms with Gasteiger partial charge in [0.25, 0.3) is 0 Å². The van der Waals surface area contributed by atoms with E-state index in [0.29, 0.717) is 11.2 Å². The number of nitrogens with two attached hydrogens (primary N) is 1. The molecule has 1 aliphatic carbocycles. The van der Waals surface area contributed by atoms with Crippen LogP contribution in [0.4, 0.5) is 5.95 Å². The van der Waals surface area contributed by atoms with E-state index in [2.05, 4.69) is 19.8 Å². The number of sulfonamides is 1. The Kier molecular flexibility index (Phi) is 3.51. The zero-order chi connectivity index (χ0) is 17.7. The molecule has 1 aliphatic rings. The topological polar surface area (TPSA) is 115 Å². The van der Waals surface area contributed by atoms with Crippen LogP contribution in [-0.2, 0) is 10.0 Å². The molecule has 0 amide bonds. The third-order valence-corrected chi connectivity index (χ3v) is 6.15. The van der Waals surface area contributed by atoms with Gasteiger partial charge in [0, 0.05) is 35.3 Å². The van der Waals surface area contributed by atoms with Gasteiger partial charge >= 0.3 is 0 Å². The number of hydrogen-bond acceptors (Lipinski definition) is 6. The van der Waals surface area contributed by atoms with Crippen LogP contribution in [0.3, 0.4) is 0 Å². The van der Waals surface area contributed by atoms with Crippen molar-refractivity contribution >= 4 is 21.6 Å². The summed E-state index contributed by atoms with van der Waals surface area (Å²) in [5.74, 6) is 0.185. The Balaban J connectivity index is 1.70. The zero-order valence-corrected chi connectivity index (χ0v) is 14.5. The van der Waals surface area contributed by atoms with Gasteiger partial charge in [0.2, 0.25) is 16.0 Å². The summed E-state index contributed by atoms with van der Waals surface area (Å²) in [6.07, 6.45) is 7.46. The van der Waals surface area contributed by atoms with Crippen molar-refractivity contribution in [3.63, 3.8) is 0 Å². The molecule has 8 nitrogen and oxygen atoms in total. The number of aromatic nitrogens is 4. The van der Waals surface area contributed by atoms with E-state index < -0.39 is 10.0 Å². The lowest BCUT2D eigenvalue weighted by Crippen LogP contribution is -2.50. The Bertz CT molecular complexity index is 1060. The lowest BCUT2D eigenvalue weighted by Gasteiger charge is -2.38. The average Bonchev–Trinajstić information content (AvgIpc) is 2.92. The maximum absolute atomic E-state index is 12.6. The van der Waals surface area contributed by atoms with E-state index in [-0.39, 0.29) is 16.4 Å². The number of anilines is 1. The predicted molar refractivity (Wildman–Crippen MR) is 93.2 cm³/mol. The second kappa shape index (κ2) is 5.50.